The third-order valence-corrected chi connectivity index (χ3v) is 4.56. The molecular formula is C16H19F3N2O. The molecule has 3 nitrogen and oxygen atoms in total. The Labute approximate surface area is 127 Å². The van der Waals surface area contributed by atoms with E-state index in [0.29, 0.717) is 6.54 Å². The van der Waals surface area contributed by atoms with Gasteiger partial charge in [0.15, 0.2) is 0 Å². The highest BCUT2D eigenvalue weighted by molar-refractivity contribution is 5.83. The van der Waals surface area contributed by atoms with Crippen LogP contribution in [0.2, 0.25) is 0 Å². The number of nitrogens with one attached hydrogen (secondary N) is 1. The number of carbonyl (C=O) groups excluding carboxylic acids is 1. The molecule has 1 saturated carbocycles. The standard InChI is InChI=1S/C16H19F3N2O/c1-10-9-20-6-7-21(10)15(22)14-8-13(14)11-2-4-12(5-3-11)16(17,18)19/h2-5,10,13-14,20H,6-9H2,1H3/t10-,13+,14-/m1/s1. The first-order valence-electron chi connectivity index (χ1n) is 7.56. The molecule has 1 aliphatic heterocycles. The fraction of sp³-hybridized carbons (Fsp3) is 0.562. The summed E-state index contributed by atoms with van der Waals surface area (Å²) in [6, 6.07) is 5.38. The number of rotatable bonds is 2. The minimum Gasteiger partial charge on any atom is -0.337 e. The van der Waals surface area contributed by atoms with Crippen molar-refractivity contribution in [3.63, 3.8) is 0 Å². The molecule has 1 aliphatic carbocycles. The summed E-state index contributed by atoms with van der Waals surface area (Å²) >= 11 is 0. The lowest BCUT2D eigenvalue weighted by Crippen LogP contribution is -2.52. The van der Waals surface area contributed by atoms with E-state index >= 15 is 0 Å². The van der Waals surface area contributed by atoms with Crippen molar-refractivity contribution in [3.05, 3.63) is 35.4 Å². The Morgan fingerprint density at radius 1 is 1.27 bits per heavy atom. The summed E-state index contributed by atoms with van der Waals surface area (Å²) in [5.41, 5.74) is 0.185. The van der Waals surface area contributed by atoms with E-state index in [9.17, 15) is 18.0 Å². The van der Waals surface area contributed by atoms with Crippen molar-refractivity contribution in [1.29, 1.82) is 0 Å². The topological polar surface area (TPSA) is 32.3 Å². The summed E-state index contributed by atoms with van der Waals surface area (Å²) in [5, 5.41) is 3.24. The molecule has 0 spiro atoms. The van der Waals surface area contributed by atoms with E-state index in [1.165, 1.54) is 12.1 Å². The van der Waals surface area contributed by atoms with E-state index in [2.05, 4.69) is 5.32 Å². The van der Waals surface area contributed by atoms with Crippen LogP contribution in [0.15, 0.2) is 24.3 Å². The second kappa shape index (κ2) is 5.57. The van der Waals surface area contributed by atoms with Crippen molar-refractivity contribution >= 4 is 5.91 Å². The first-order valence-corrected chi connectivity index (χ1v) is 7.56. The lowest BCUT2D eigenvalue weighted by molar-refractivity contribution is -0.138. The number of amides is 1. The van der Waals surface area contributed by atoms with Crippen LogP contribution in [-0.2, 0) is 11.0 Å². The minimum atomic E-state index is -4.31. The van der Waals surface area contributed by atoms with Gasteiger partial charge in [-0.1, -0.05) is 12.1 Å². The highest BCUT2D eigenvalue weighted by Crippen LogP contribution is 2.49. The van der Waals surface area contributed by atoms with Gasteiger partial charge in [-0.15, -0.1) is 0 Å². The van der Waals surface area contributed by atoms with Gasteiger partial charge in [0.05, 0.1) is 5.56 Å². The molecule has 2 fully saturated rings. The summed E-state index contributed by atoms with van der Waals surface area (Å²) in [6.45, 7) is 4.31. The molecule has 0 bridgehead atoms. The van der Waals surface area contributed by atoms with Crippen LogP contribution >= 0.6 is 0 Å². The zero-order valence-corrected chi connectivity index (χ0v) is 12.4. The second-order valence-electron chi connectivity index (χ2n) is 6.15. The number of hydrogen-bond acceptors (Lipinski definition) is 2. The van der Waals surface area contributed by atoms with Crippen LogP contribution < -0.4 is 5.32 Å². The Kier molecular flexibility index (Phi) is 3.89. The van der Waals surface area contributed by atoms with Crippen molar-refractivity contribution < 1.29 is 18.0 Å². The SMILES string of the molecule is C[C@@H]1CNCCN1C(=O)[C@@H]1C[C@H]1c1ccc(C(F)(F)F)cc1. The molecule has 2 aliphatic rings. The number of piperazine rings is 1. The highest BCUT2D eigenvalue weighted by Gasteiger charge is 2.46. The zero-order chi connectivity index (χ0) is 15.9. The number of hydrogen-bond donors (Lipinski definition) is 1. The largest absolute Gasteiger partial charge is 0.416 e. The summed E-state index contributed by atoms with van der Waals surface area (Å²) in [4.78, 5) is 14.4. The first kappa shape index (κ1) is 15.3. The van der Waals surface area contributed by atoms with Crippen LogP contribution in [0.1, 0.15) is 30.4 Å². The van der Waals surface area contributed by atoms with Crippen LogP contribution in [0, 0.1) is 5.92 Å². The van der Waals surface area contributed by atoms with Gasteiger partial charge in [0.2, 0.25) is 5.91 Å². The highest BCUT2D eigenvalue weighted by atomic mass is 19.4. The van der Waals surface area contributed by atoms with Gasteiger partial charge >= 0.3 is 6.18 Å². The van der Waals surface area contributed by atoms with Gasteiger partial charge < -0.3 is 10.2 Å². The molecule has 6 heteroatoms. The lowest BCUT2D eigenvalue weighted by Gasteiger charge is -2.34. The van der Waals surface area contributed by atoms with Crippen LogP contribution in [0.3, 0.4) is 0 Å². The summed E-state index contributed by atoms with van der Waals surface area (Å²) < 4.78 is 37.7. The van der Waals surface area contributed by atoms with Crippen LogP contribution in [0.5, 0.6) is 0 Å². The predicted molar refractivity (Wildman–Crippen MR) is 76.3 cm³/mol. The van der Waals surface area contributed by atoms with E-state index in [4.69, 9.17) is 0 Å². The average molecular weight is 312 g/mol. The van der Waals surface area contributed by atoms with Crippen LogP contribution in [0.25, 0.3) is 0 Å². The third-order valence-electron chi connectivity index (χ3n) is 4.56. The average Bonchev–Trinajstić information content (AvgIpc) is 3.27. The van der Waals surface area contributed by atoms with E-state index in [1.54, 1.807) is 0 Å². The maximum Gasteiger partial charge on any atom is 0.416 e. The molecule has 0 aromatic heterocycles. The summed E-state index contributed by atoms with van der Waals surface area (Å²) in [6.07, 6.45) is -3.58. The molecule has 0 unspecified atom stereocenters. The quantitative estimate of drug-likeness (QED) is 0.910. The maximum atomic E-state index is 12.6. The van der Waals surface area contributed by atoms with Crippen LogP contribution in [0.4, 0.5) is 13.2 Å². The molecule has 1 saturated heterocycles. The van der Waals surface area contributed by atoms with Gasteiger partial charge in [-0.2, -0.15) is 13.2 Å². The van der Waals surface area contributed by atoms with Gasteiger partial charge in [0.25, 0.3) is 0 Å². The van der Waals surface area contributed by atoms with Crippen molar-refractivity contribution in [2.45, 2.75) is 31.5 Å². The molecule has 120 valence electrons. The lowest BCUT2D eigenvalue weighted by atomic mass is 10.1. The molecule has 1 amide bonds. The van der Waals surface area contributed by atoms with Crippen LogP contribution in [-0.4, -0.2) is 36.5 Å². The molecule has 22 heavy (non-hydrogen) atoms. The Morgan fingerprint density at radius 3 is 2.55 bits per heavy atom. The van der Waals surface area contributed by atoms with E-state index in [-0.39, 0.29) is 23.8 Å². The Balaban J connectivity index is 1.65. The molecule has 1 heterocycles. The Morgan fingerprint density at radius 2 is 1.95 bits per heavy atom. The molecule has 3 rings (SSSR count). The fourth-order valence-electron chi connectivity index (χ4n) is 3.14. The monoisotopic (exact) mass is 312 g/mol. The summed E-state index contributed by atoms with van der Waals surface area (Å²) in [7, 11) is 0. The smallest absolute Gasteiger partial charge is 0.337 e. The van der Waals surface area contributed by atoms with E-state index < -0.39 is 11.7 Å². The molecule has 1 aromatic carbocycles. The van der Waals surface area contributed by atoms with Crippen molar-refractivity contribution in [2.75, 3.05) is 19.6 Å². The predicted octanol–water partition coefficient (Wildman–Crippen LogP) is 2.63. The second-order valence-corrected chi connectivity index (χ2v) is 6.15. The number of nitrogens with zero attached hydrogens (tertiary/aromatic N) is 1. The number of benzene rings is 1. The number of carbonyl (C=O) groups is 1. The van der Waals surface area contributed by atoms with Gasteiger partial charge in [-0.25, -0.2) is 0 Å². The van der Waals surface area contributed by atoms with Gasteiger partial charge in [-0.3, -0.25) is 4.79 Å². The molecule has 1 N–H and O–H groups in total. The van der Waals surface area contributed by atoms with Gasteiger partial charge in [0, 0.05) is 31.6 Å². The van der Waals surface area contributed by atoms with Crippen molar-refractivity contribution in [1.82, 2.24) is 10.2 Å². The minimum absolute atomic E-state index is 0.0665. The van der Waals surface area contributed by atoms with Gasteiger partial charge in [0.1, 0.15) is 0 Å². The summed E-state index contributed by atoms with van der Waals surface area (Å²) in [5.74, 6) is 0.132. The first-order chi connectivity index (χ1) is 10.4. The van der Waals surface area contributed by atoms with E-state index in [0.717, 1.165) is 37.2 Å². The Bertz CT molecular complexity index is 556. The molecule has 1 aromatic rings. The Hall–Kier alpha value is -1.56. The number of alkyl halides is 3. The maximum absolute atomic E-state index is 12.6. The van der Waals surface area contributed by atoms with Crippen molar-refractivity contribution in [3.8, 4) is 0 Å². The zero-order valence-electron chi connectivity index (χ0n) is 12.4. The molecule has 3 atom stereocenters. The third kappa shape index (κ3) is 2.97. The van der Waals surface area contributed by atoms with Crippen molar-refractivity contribution in [2.24, 2.45) is 5.92 Å². The molecule has 0 radical (unpaired) electrons. The van der Waals surface area contributed by atoms with E-state index in [1.807, 2.05) is 11.8 Å². The normalized spacial score (nSPS) is 28.5. The number of halogens is 3. The van der Waals surface area contributed by atoms with Gasteiger partial charge in [-0.05, 0) is 37.0 Å². The fourth-order valence-corrected chi connectivity index (χ4v) is 3.14. The molecular weight excluding hydrogens is 293 g/mol.